The zero-order chi connectivity index (χ0) is 23.2. The van der Waals surface area contributed by atoms with Gasteiger partial charge in [0.2, 0.25) is 5.92 Å². The lowest BCUT2D eigenvalue weighted by molar-refractivity contribution is -0.0413. The van der Waals surface area contributed by atoms with Crippen molar-refractivity contribution in [1.82, 2.24) is 5.32 Å². The molecule has 0 bridgehead atoms. The number of unbranched alkanes of at least 4 members (excludes halogenated alkanes) is 1. The third-order valence-corrected chi connectivity index (χ3v) is 5.35. The summed E-state index contributed by atoms with van der Waals surface area (Å²) in [5.41, 5.74) is 2.16. The molecule has 0 fully saturated rings. The first kappa shape index (κ1) is 26.2. The molecule has 2 aromatic rings. The van der Waals surface area contributed by atoms with E-state index < -0.39 is 12.0 Å². The van der Waals surface area contributed by atoms with E-state index >= 15 is 0 Å². The van der Waals surface area contributed by atoms with E-state index in [1.54, 1.807) is 6.07 Å². The van der Waals surface area contributed by atoms with Crippen LogP contribution in [0, 0.1) is 0 Å². The van der Waals surface area contributed by atoms with E-state index in [9.17, 15) is 19.0 Å². The average Bonchev–Trinajstić information content (AvgIpc) is 2.79. The Labute approximate surface area is 189 Å². The predicted octanol–water partition coefficient (Wildman–Crippen LogP) is 4.35. The maximum Gasteiger partial charge on any atom is 0.250 e. The number of hydrogen-bond donors (Lipinski definition) is 4. The molecule has 0 spiro atoms. The van der Waals surface area contributed by atoms with Crippen LogP contribution in [0.3, 0.4) is 0 Å². The van der Waals surface area contributed by atoms with Gasteiger partial charge in [0.05, 0.1) is 19.3 Å². The average molecular weight is 452 g/mol. The highest BCUT2D eigenvalue weighted by atomic mass is 19.3. The largest absolute Gasteiger partial charge is 0.508 e. The van der Waals surface area contributed by atoms with Gasteiger partial charge in [0.15, 0.2) is 0 Å². The molecule has 178 valence electrons. The van der Waals surface area contributed by atoms with Crippen molar-refractivity contribution in [1.29, 1.82) is 0 Å². The minimum Gasteiger partial charge on any atom is -0.508 e. The van der Waals surface area contributed by atoms with Gasteiger partial charge in [-0.25, -0.2) is 8.78 Å². The van der Waals surface area contributed by atoms with E-state index in [1.165, 1.54) is 17.7 Å². The Hall–Kier alpha value is -2.06. The van der Waals surface area contributed by atoms with Crippen molar-refractivity contribution in [2.45, 2.75) is 57.2 Å². The molecule has 0 aromatic heterocycles. The van der Waals surface area contributed by atoms with E-state index in [4.69, 9.17) is 9.84 Å². The van der Waals surface area contributed by atoms with Gasteiger partial charge in [-0.2, -0.15) is 0 Å². The SMILES string of the molecule is OCc1cc([C@H](O)CNCCCC(F)(F)CCOCCCCc2ccccc2)ccc1O. The Morgan fingerprint density at radius 1 is 0.969 bits per heavy atom. The number of rotatable bonds is 16. The van der Waals surface area contributed by atoms with Crippen molar-refractivity contribution in [3.8, 4) is 5.75 Å². The molecule has 0 heterocycles. The monoisotopic (exact) mass is 451 g/mol. The van der Waals surface area contributed by atoms with Gasteiger partial charge in [-0.1, -0.05) is 36.4 Å². The zero-order valence-electron chi connectivity index (χ0n) is 18.5. The van der Waals surface area contributed by atoms with Crippen LogP contribution in [0.15, 0.2) is 48.5 Å². The third kappa shape index (κ3) is 10.0. The molecule has 5 nitrogen and oxygen atoms in total. The smallest absolute Gasteiger partial charge is 0.250 e. The molecule has 0 saturated heterocycles. The highest BCUT2D eigenvalue weighted by Gasteiger charge is 2.27. The van der Waals surface area contributed by atoms with Crippen LogP contribution in [0.2, 0.25) is 0 Å². The molecule has 0 aliphatic carbocycles. The normalized spacial score (nSPS) is 12.8. The first-order chi connectivity index (χ1) is 15.4. The summed E-state index contributed by atoms with van der Waals surface area (Å²) in [5.74, 6) is -2.80. The predicted molar refractivity (Wildman–Crippen MR) is 121 cm³/mol. The summed E-state index contributed by atoms with van der Waals surface area (Å²) in [6.45, 7) is 0.785. The molecule has 1 atom stereocenters. The summed E-state index contributed by atoms with van der Waals surface area (Å²) in [5, 5.41) is 31.9. The number of halogens is 2. The minimum atomic E-state index is -2.77. The lowest BCUT2D eigenvalue weighted by Gasteiger charge is -2.17. The van der Waals surface area contributed by atoms with Crippen LogP contribution in [0.1, 0.15) is 54.9 Å². The molecular weight excluding hydrogens is 416 g/mol. The second kappa shape index (κ2) is 14.2. The summed E-state index contributed by atoms with van der Waals surface area (Å²) >= 11 is 0. The second-order valence-corrected chi connectivity index (χ2v) is 8.03. The van der Waals surface area contributed by atoms with E-state index in [-0.39, 0.29) is 44.8 Å². The van der Waals surface area contributed by atoms with Crippen LogP contribution in [0.25, 0.3) is 0 Å². The number of aliphatic hydroxyl groups excluding tert-OH is 2. The topological polar surface area (TPSA) is 82.0 Å². The number of aryl methyl sites for hydroxylation is 1. The second-order valence-electron chi connectivity index (χ2n) is 8.03. The van der Waals surface area contributed by atoms with Crippen molar-refractivity contribution in [2.75, 3.05) is 26.3 Å². The standard InChI is InChI=1S/C25H35F2NO4/c26-25(27,13-16-32-15-5-4-9-20-7-2-1-3-8-20)12-6-14-28-18-24(31)21-10-11-23(30)22(17-21)19-29/h1-3,7-8,10-11,17,24,28-31H,4-6,9,12-16,18-19H2/t24-/m1/s1. The third-order valence-electron chi connectivity index (χ3n) is 5.35. The number of aromatic hydroxyl groups is 1. The Kier molecular flexibility index (Phi) is 11.6. The number of hydrogen-bond acceptors (Lipinski definition) is 5. The van der Waals surface area contributed by atoms with Crippen molar-refractivity contribution in [3.05, 3.63) is 65.2 Å². The minimum absolute atomic E-state index is 0.0326. The number of phenols is 1. The maximum atomic E-state index is 14.0. The summed E-state index contributed by atoms with van der Waals surface area (Å²) in [4.78, 5) is 0. The highest BCUT2D eigenvalue weighted by Crippen LogP contribution is 2.25. The van der Waals surface area contributed by atoms with Crippen molar-refractivity contribution in [2.24, 2.45) is 0 Å². The molecule has 0 aliphatic heterocycles. The first-order valence-electron chi connectivity index (χ1n) is 11.2. The fourth-order valence-electron chi connectivity index (χ4n) is 3.39. The lowest BCUT2D eigenvalue weighted by Crippen LogP contribution is -2.25. The van der Waals surface area contributed by atoms with Crippen molar-refractivity contribution >= 4 is 0 Å². The number of aliphatic hydroxyl groups is 2. The van der Waals surface area contributed by atoms with Crippen LogP contribution in [-0.2, 0) is 17.8 Å². The fourth-order valence-corrected chi connectivity index (χ4v) is 3.39. The summed E-state index contributed by atoms with van der Waals surface area (Å²) < 4.78 is 33.4. The Balaban J connectivity index is 1.50. The Bertz CT molecular complexity index is 774. The van der Waals surface area contributed by atoms with Gasteiger partial charge in [0, 0.05) is 31.6 Å². The number of alkyl halides is 2. The molecular formula is C25H35F2NO4. The molecule has 2 aromatic carbocycles. The van der Waals surface area contributed by atoms with Crippen LogP contribution in [-0.4, -0.2) is 47.5 Å². The van der Waals surface area contributed by atoms with E-state index in [0.717, 1.165) is 19.3 Å². The van der Waals surface area contributed by atoms with E-state index in [0.29, 0.717) is 24.3 Å². The molecule has 2 rings (SSSR count). The number of nitrogens with one attached hydrogen (secondary N) is 1. The molecule has 0 saturated carbocycles. The van der Waals surface area contributed by atoms with E-state index in [2.05, 4.69) is 17.4 Å². The van der Waals surface area contributed by atoms with Gasteiger partial charge in [0.1, 0.15) is 5.75 Å². The summed E-state index contributed by atoms with van der Waals surface area (Å²) in [6, 6.07) is 14.7. The summed E-state index contributed by atoms with van der Waals surface area (Å²) in [6.07, 6.45) is 1.71. The van der Waals surface area contributed by atoms with Crippen molar-refractivity contribution < 1.29 is 28.8 Å². The molecule has 7 heteroatoms. The molecule has 0 aliphatic rings. The van der Waals surface area contributed by atoms with Crippen LogP contribution < -0.4 is 5.32 Å². The maximum absolute atomic E-state index is 14.0. The molecule has 0 amide bonds. The molecule has 0 unspecified atom stereocenters. The first-order valence-corrected chi connectivity index (χ1v) is 11.2. The number of ether oxygens (including phenoxy) is 1. The van der Waals surface area contributed by atoms with Crippen LogP contribution in [0.4, 0.5) is 8.78 Å². The molecule has 0 radical (unpaired) electrons. The lowest BCUT2D eigenvalue weighted by atomic mass is 10.1. The van der Waals surface area contributed by atoms with Gasteiger partial charge >= 0.3 is 0 Å². The van der Waals surface area contributed by atoms with Crippen molar-refractivity contribution in [3.63, 3.8) is 0 Å². The quantitative estimate of drug-likeness (QED) is 0.285. The van der Waals surface area contributed by atoms with Gasteiger partial charge in [-0.3, -0.25) is 0 Å². The highest BCUT2D eigenvalue weighted by molar-refractivity contribution is 5.36. The Morgan fingerprint density at radius 2 is 1.75 bits per heavy atom. The molecule has 4 N–H and O–H groups in total. The Morgan fingerprint density at radius 3 is 2.50 bits per heavy atom. The fraction of sp³-hybridized carbons (Fsp3) is 0.520. The van der Waals surface area contributed by atoms with Gasteiger partial charge in [-0.05, 0) is 55.5 Å². The van der Waals surface area contributed by atoms with Gasteiger partial charge in [-0.15, -0.1) is 0 Å². The van der Waals surface area contributed by atoms with Gasteiger partial charge in [0.25, 0.3) is 0 Å². The van der Waals surface area contributed by atoms with Crippen LogP contribution in [0.5, 0.6) is 5.75 Å². The van der Waals surface area contributed by atoms with Crippen LogP contribution >= 0.6 is 0 Å². The van der Waals surface area contributed by atoms with E-state index in [1.807, 2.05) is 18.2 Å². The van der Waals surface area contributed by atoms with Gasteiger partial charge < -0.3 is 25.4 Å². The zero-order valence-corrected chi connectivity index (χ0v) is 18.5. The number of benzene rings is 2. The summed E-state index contributed by atoms with van der Waals surface area (Å²) in [7, 11) is 0. The molecule has 32 heavy (non-hydrogen) atoms.